The van der Waals surface area contributed by atoms with Gasteiger partial charge in [-0.3, -0.25) is 4.79 Å². The molecule has 0 fully saturated rings. The summed E-state index contributed by atoms with van der Waals surface area (Å²) in [5.41, 5.74) is 7.33. The molecule has 1 aliphatic rings. The second kappa shape index (κ2) is 5.11. The highest BCUT2D eigenvalue weighted by atomic mass is 35.5. The van der Waals surface area contributed by atoms with E-state index in [4.69, 9.17) is 28.9 Å². The Hall–Kier alpha value is -1.52. The number of rotatable bonds is 3. The highest BCUT2D eigenvalue weighted by Crippen LogP contribution is 2.30. The number of nitrogens with two attached hydrogens (primary N) is 1. The maximum atomic E-state index is 11.2. The molecule has 0 radical (unpaired) electrons. The van der Waals surface area contributed by atoms with Crippen molar-refractivity contribution in [3.05, 3.63) is 40.3 Å². The van der Waals surface area contributed by atoms with Gasteiger partial charge in [0, 0.05) is 5.56 Å². The Morgan fingerprint density at radius 2 is 2.15 bits per heavy atom. The standard InChI is InChI=1S/C14H13Cl2N3O/c15-10-4-3-9(6-11(10)16)12-7-18(8-13(17)20)14-2-1-5-19(12)14/h3-4,6-7H,1-2,5,8H2,(H-,17,20)/p+1. The SMILES string of the molecule is NC(=O)C[n+]1cc(-c2ccc(Cl)c(Cl)c2)n2c1CCC2. The molecule has 0 aliphatic carbocycles. The van der Waals surface area contributed by atoms with Gasteiger partial charge in [0.1, 0.15) is 6.20 Å². The minimum Gasteiger partial charge on any atom is -0.366 e. The van der Waals surface area contributed by atoms with Crippen LogP contribution in [-0.2, 0) is 24.3 Å². The van der Waals surface area contributed by atoms with Crippen molar-refractivity contribution < 1.29 is 9.36 Å². The van der Waals surface area contributed by atoms with Gasteiger partial charge in [0.25, 0.3) is 11.7 Å². The van der Waals surface area contributed by atoms with Gasteiger partial charge in [-0.25, -0.2) is 9.13 Å². The smallest absolute Gasteiger partial charge is 0.259 e. The molecule has 0 unspecified atom stereocenters. The van der Waals surface area contributed by atoms with Gasteiger partial charge in [0.05, 0.1) is 23.0 Å². The molecule has 1 aromatic heterocycles. The predicted octanol–water partition coefficient (Wildman–Crippen LogP) is 2.18. The van der Waals surface area contributed by atoms with Gasteiger partial charge in [-0.05, 0) is 24.6 Å². The number of hydrogen-bond acceptors (Lipinski definition) is 1. The Kier molecular flexibility index (Phi) is 3.44. The number of carbonyl (C=O) groups is 1. The lowest BCUT2D eigenvalue weighted by molar-refractivity contribution is -0.690. The zero-order chi connectivity index (χ0) is 14.3. The Labute approximate surface area is 126 Å². The van der Waals surface area contributed by atoms with E-state index in [1.807, 2.05) is 22.9 Å². The average molecular weight is 311 g/mol. The van der Waals surface area contributed by atoms with Crippen LogP contribution in [0, 0.1) is 0 Å². The minimum atomic E-state index is -0.337. The summed E-state index contributed by atoms with van der Waals surface area (Å²) in [6.45, 7) is 1.15. The topological polar surface area (TPSA) is 51.9 Å². The van der Waals surface area contributed by atoms with Gasteiger partial charge in [-0.1, -0.05) is 23.2 Å². The average Bonchev–Trinajstić information content (AvgIpc) is 2.96. The number of aromatic nitrogens is 2. The third-order valence-corrected chi connectivity index (χ3v) is 4.27. The fourth-order valence-electron chi connectivity index (χ4n) is 2.70. The normalized spacial score (nSPS) is 13.5. The van der Waals surface area contributed by atoms with E-state index in [0.717, 1.165) is 36.5 Å². The Bertz CT molecular complexity index is 694. The molecule has 0 atom stereocenters. The van der Waals surface area contributed by atoms with E-state index < -0.39 is 0 Å². The first kappa shape index (κ1) is 13.5. The van der Waals surface area contributed by atoms with E-state index in [2.05, 4.69) is 4.57 Å². The van der Waals surface area contributed by atoms with Gasteiger partial charge in [-0.15, -0.1) is 0 Å². The number of benzene rings is 1. The molecule has 104 valence electrons. The largest absolute Gasteiger partial charge is 0.366 e. The van der Waals surface area contributed by atoms with Gasteiger partial charge >= 0.3 is 0 Å². The molecule has 1 aromatic carbocycles. The molecule has 3 rings (SSSR count). The quantitative estimate of drug-likeness (QED) is 0.868. The van der Waals surface area contributed by atoms with E-state index >= 15 is 0 Å². The number of fused-ring (bicyclic) bond motifs is 1. The summed E-state index contributed by atoms with van der Waals surface area (Å²) < 4.78 is 4.13. The Morgan fingerprint density at radius 3 is 2.85 bits per heavy atom. The number of nitrogens with zero attached hydrogens (tertiary/aromatic N) is 2. The van der Waals surface area contributed by atoms with Crippen molar-refractivity contribution in [2.24, 2.45) is 5.73 Å². The van der Waals surface area contributed by atoms with Gasteiger partial charge in [-0.2, -0.15) is 0 Å². The van der Waals surface area contributed by atoms with E-state index in [9.17, 15) is 4.79 Å². The minimum absolute atomic E-state index is 0.205. The monoisotopic (exact) mass is 310 g/mol. The lowest BCUT2D eigenvalue weighted by Gasteiger charge is -2.01. The fraction of sp³-hybridized carbons (Fsp3) is 0.286. The summed E-state index contributed by atoms with van der Waals surface area (Å²) in [5.74, 6) is 0.792. The lowest BCUT2D eigenvalue weighted by atomic mass is 10.1. The summed E-state index contributed by atoms with van der Waals surface area (Å²) in [4.78, 5) is 11.2. The van der Waals surface area contributed by atoms with Crippen molar-refractivity contribution in [3.8, 4) is 11.3 Å². The van der Waals surface area contributed by atoms with Crippen molar-refractivity contribution in [2.45, 2.75) is 25.9 Å². The summed E-state index contributed by atoms with van der Waals surface area (Å²) in [7, 11) is 0. The van der Waals surface area contributed by atoms with Crippen LogP contribution in [0.1, 0.15) is 12.2 Å². The summed E-state index contributed by atoms with van der Waals surface area (Å²) in [6.07, 6.45) is 3.98. The van der Waals surface area contributed by atoms with Gasteiger partial charge in [0.15, 0.2) is 12.2 Å². The predicted molar refractivity (Wildman–Crippen MR) is 77.6 cm³/mol. The third kappa shape index (κ3) is 2.30. The van der Waals surface area contributed by atoms with Crippen LogP contribution >= 0.6 is 23.2 Å². The molecule has 6 heteroatoms. The van der Waals surface area contributed by atoms with Crippen molar-refractivity contribution in [3.63, 3.8) is 0 Å². The maximum absolute atomic E-state index is 11.2. The van der Waals surface area contributed by atoms with E-state index in [0.29, 0.717) is 10.0 Å². The molecule has 0 bridgehead atoms. The molecule has 0 saturated heterocycles. The first-order valence-electron chi connectivity index (χ1n) is 6.42. The second-order valence-corrected chi connectivity index (χ2v) is 5.72. The van der Waals surface area contributed by atoms with Crippen LogP contribution in [0.15, 0.2) is 24.4 Å². The lowest BCUT2D eigenvalue weighted by Crippen LogP contribution is -2.42. The number of imidazole rings is 1. The number of halogens is 2. The first-order chi connectivity index (χ1) is 9.56. The zero-order valence-electron chi connectivity index (χ0n) is 10.8. The molecule has 1 aliphatic heterocycles. The number of amides is 1. The number of hydrogen-bond donors (Lipinski definition) is 1. The van der Waals surface area contributed by atoms with E-state index in [1.165, 1.54) is 0 Å². The van der Waals surface area contributed by atoms with E-state index in [1.54, 1.807) is 6.07 Å². The molecular formula is C14H14Cl2N3O+. The van der Waals surface area contributed by atoms with Crippen molar-refractivity contribution >= 4 is 29.1 Å². The van der Waals surface area contributed by atoms with Crippen LogP contribution < -0.4 is 10.3 Å². The maximum Gasteiger partial charge on any atom is 0.259 e. The van der Waals surface area contributed by atoms with E-state index in [-0.39, 0.29) is 12.5 Å². The van der Waals surface area contributed by atoms with Crippen molar-refractivity contribution in [1.82, 2.24) is 4.57 Å². The molecular weight excluding hydrogens is 297 g/mol. The van der Waals surface area contributed by atoms with Gasteiger partial charge < -0.3 is 5.73 Å². The second-order valence-electron chi connectivity index (χ2n) is 4.91. The van der Waals surface area contributed by atoms with Crippen molar-refractivity contribution in [1.29, 1.82) is 0 Å². The molecule has 4 nitrogen and oxygen atoms in total. The first-order valence-corrected chi connectivity index (χ1v) is 7.17. The molecule has 0 spiro atoms. The Morgan fingerprint density at radius 1 is 1.35 bits per heavy atom. The highest BCUT2D eigenvalue weighted by Gasteiger charge is 2.29. The van der Waals surface area contributed by atoms with Gasteiger partial charge in [0.2, 0.25) is 0 Å². The molecule has 1 amide bonds. The van der Waals surface area contributed by atoms with Crippen molar-refractivity contribution in [2.75, 3.05) is 0 Å². The number of primary amides is 1. The molecule has 2 aromatic rings. The molecule has 2 N–H and O–H groups in total. The van der Waals surface area contributed by atoms with Crippen LogP contribution in [0.25, 0.3) is 11.3 Å². The summed E-state index contributed by atoms with van der Waals surface area (Å²) >= 11 is 12.0. The fourth-order valence-corrected chi connectivity index (χ4v) is 3.00. The zero-order valence-corrected chi connectivity index (χ0v) is 12.3. The van der Waals surface area contributed by atoms with Crippen LogP contribution in [0.3, 0.4) is 0 Å². The van der Waals surface area contributed by atoms with Crippen LogP contribution in [0.4, 0.5) is 0 Å². The molecule has 20 heavy (non-hydrogen) atoms. The Balaban J connectivity index is 2.09. The summed E-state index contributed by atoms with van der Waals surface area (Å²) in [6, 6.07) is 5.57. The van der Waals surface area contributed by atoms with Crippen LogP contribution in [-0.4, -0.2) is 10.5 Å². The number of carbonyl (C=O) groups excluding carboxylic acids is 1. The summed E-state index contributed by atoms with van der Waals surface area (Å²) in [5, 5.41) is 1.06. The van der Waals surface area contributed by atoms with Crippen LogP contribution in [0.5, 0.6) is 0 Å². The highest BCUT2D eigenvalue weighted by molar-refractivity contribution is 6.42. The molecule has 0 saturated carbocycles. The third-order valence-electron chi connectivity index (χ3n) is 3.54. The van der Waals surface area contributed by atoms with Crippen LogP contribution in [0.2, 0.25) is 10.0 Å². The molecule has 2 heterocycles.